The third kappa shape index (κ3) is 5.20. The van der Waals surface area contributed by atoms with E-state index in [1.165, 1.54) is 4.88 Å². The highest BCUT2D eigenvalue weighted by Gasteiger charge is 2.31. The summed E-state index contributed by atoms with van der Waals surface area (Å²) >= 11 is 1.73. The van der Waals surface area contributed by atoms with Gasteiger partial charge in [0.05, 0.1) is 18.4 Å². The van der Waals surface area contributed by atoms with Gasteiger partial charge >= 0.3 is 0 Å². The molecule has 2 aromatic heterocycles. The van der Waals surface area contributed by atoms with Gasteiger partial charge in [0.15, 0.2) is 5.82 Å². The van der Waals surface area contributed by atoms with Crippen LogP contribution in [0.25, 0.3) is 5.70 Å². The number of anilines is 1. The molecule has 1 saturated heterocycles. The lowest BCUT2D eigenvalue weighted by Gasteiger charge is -2.18. The first-order valence-electron chi connectivity index (χ1n) is 9.17. The molecule has 3 heterocycles. The Kier molecular flexibility index (Phi) is 8.65. The molecule has 2 unspecified atom stereocenters. The minimum absolute atomic E-state index is 0.00910. The van der Waals surface area contributed by atoms with Crippen molar-refractivity contribution in [3.8, 4) is 0 Å². The Morgan fingerprint density at radius 1 is 1.54 bits per heavy atom. The number of ether oxygens (including phenoxy) is 1. The number of nitrogens with zero attached hydrogens (tertiary/aromatic N) is 3. The van der Waals surface area contributed by atoms with E-state index >= 15 is 0 Å². The second-order valence-corrected chi connectivity index (χ2v) is 7.15. The molecule has 5 N–H and O–H groups in total. The summed E-state index contributed by atoms with van der Waals surface area (Å²) in [6.45, 7) is 6.41. The van der Waals surface area contributed by atoms with E-state index in [2.05, 4.69) is 33.3 Å². The zero-order valence-electron chi connectivity index (χ0n) is 16.3. The minimum Gasteiger partial charge on any atom is -0.400 e. The van der Waals surface area contributed by atoms with E-state index in [9.17, 15) is 5.11 Å². The first-order valence-corrected chi connectivity index (χ1v) is 10.0. The van der Waals surface area contributed by atoms with Gasteiger partial charge < -0.3 is 26.0 Å². The van der Waals surface area contributed by atoms with Gasteiger partial charge in [-0.15, -0.1) is 11.3 Å². The van der Waals surface area contributed by atoms with E-state index in [1.807, 2.05) is 17.6 Å². The lowest BCUT2D eigenvalue weighted by Crippen LogP contribution is -2.17. The number of nitrogens with two attached hydrogens (primary N) is 1. The monoisotopic (exact) mass is 407 g/mol. The molecule has 1 aliphatic heterocycles. The first kappa shape index (κ1) is 22.1. The second kappa shape index (κ2) is 11.0. The van der Waals surface area contributed by atoms with E-state index in [1.54, 1.807) is 17.6 Å². The van der Waals surface area contributed by atoms with Gasteiger partial charge in [-0.05, 0) is 37.6 Å². The van der Waals surface area contributed by atoms with Gasteiger partial charge in [0.2, 0.25) is 5.95 Å². The van der Waals surface area contributed by atoms with Crippen LogP contribution < -0.4 is 11.1 Å². The third-order valence-electron chi connectivity index (χ3n) is 4.25. The SMILES string of the molecule is C=C(N)c1nc(NCCc2cccs2)n(C2CCC(CO)O2)c1/N=C\C.CO. The number of aliphatic imine (C=N–C) groups is 1. The van der Waals surface area contributed by atoms with E-state index in [0.717, 1.165) is 32.9 Å². The van der Waals surface area contributed by atoms with Crippen molar-refractivity contribution < 1.29 is 14.9 Å². The molecule has 154 valence electrons. The van der Waals surface area contributed by atoms with Crippen molar-refractivity contribution in [2.75, 3.05) is 25.6 Å². The molecule has 0 radical (unpaired) electrons. The third-order valence-corrected chi connectivity index (χ3v) is 5.19. The fraction of sp³-hybridized carbons (Fsp3) is 0.474. The molecule has 3 rings (SSSR count). The van der Waals surface area contributed by atoms with Gasteiger partial charge in [0, 0.05) is 24.7 Å². The predicted molar refractivity (Wildman–Crippen MR) is 114 cm³/mol. The van der Waals surface area contributed by atoms with Gasteiger partial charge in [0.1, 0.15) is 11.9 Å². The Bertz CT molecular complexity index is 773. The average molecular weight is 408 g/mol. The van der Waals surface area contributed by atoms with Crippen molar-refractivity contribution in [3.05, 3.63) is 34.7 Å². The molecule has 0 bridgehead atoms. The van der Waals surface area contributed by atoms with Crippen molar-refractivity contribution in [1.82, 2.24) is 9.55 Å². The zero-order valence-corrected chi connectivity index (χ0v) is 17.2. The molecule has 0 aliphatic carbocycles. The van der Waals surface area contributed by atoms with Crippen LogP contribution in [0.5, 0.6) is 0 Å². The quantitative estimate of drug-likeness (QED) is 0.500. The predicted octanol–water partition coefficient (Wildman–Crippen LogP) is 2.53. The summed E-state index contributed by atoms with van der Waals surface area (Å²) in [6.07, 6.45) is 3.78. The largest absolute Gasteiger partial charge is 0.400 e. The van der Waals surface area contributed by atoms with Crippen LogP contribution in [0, 0.1) is 0 Å². The van der Waals surface area contributed by atoms with E-state index in [0.29, 0.717) is 23.2 Å². The number of rotatable bonds is 8. The molecule has 1 aliphatic rings. The van der Waals surface area contributed by atoms with Crippen LogP contribution in [0.4, 0.5) is 11.8 Å². The van der Waals surface area contributed by atoms with Crippen LogP contribution in [-0.4, -0.2) is 52.3 Å². The van der Waals surface area contributed by atoms with Crippen LogP contribution >= 0.6 is 11.3 Å². The summed E-state index contributed by atoms with van der Waals surface area (Å²) in [4.78, 5) is 10.4. The molecule has 9 heteroatoms. The Morgan fingerprint density at radius 3 is 2.89 bits per heavy atom. The highest BCUT2D eigenvalue weighted by molar-refractivity contribution is 7.09. The highest BCUT2D eigenvalue weighted by atomic mass is 32.1. The summed E-state index contributed by atoms with van der Waals surface area (Å²) < 4.78 is 7.89. The van der Waals surface area contributed by atoms with Gasteiger partial charge in [-0.25, -0.2) is 9.98 Å². The molecular formula is C19H29N5O3S. The highest BCUT2D eigenvalue weighted by Crippen LogP contribution is 2.37. The summed E-state index contributed by atoms with van der Waals surface area (Å²) in [5, 5.41) is 21.8. The number of aliphatic hydroxyl groups is 2. The minimum atomic E-state index is -0.240. The van der Waals surface area contributed by atoms with Crippen LogP contribution in [0.2, 0.25) is 0 Å². The van der Waals surface area contributed by atoms with Gasteiger partial charge in [-0.3, -0.25) is 4.57 Å². The first-order chi connectivity index (χ1) is 13.6. The Labute approximate surface area is 169 Å². The maximum absolute atomic E-state index is 9.39. The number of aliphatic hydroxyl groups excluding tert-OH is 2. The lowest BCUT2D eigenvalue weighted by molar-refractivity contribution is -0.0206. The summed E-state index contributed by atoms with van der Waals surface area (Å²) in [7, 11) is 1.00. The van der Waals surface area contributed by atoms with Crippen LogP contribution in [0.3, 0.4) is 0 Å². The Balaban J connectivity index is 0.00000136. The number of hydrogen-bond acceptors (Lipinski definition) is 8. The molecule has 2 aromatic rings. The number of aromatic nitrogens is 2. The molecule has 0 amide bonds. The standard InChI is InChI=1S/C18H25N5O2S.CH4O/c1-3-20-17-16(12(2)19)22-18(21-9-8-14-5-4-10-26-14)23(17)15-7-6-13(11-24)25-15;1-2/h3-5,10,13,15,24H,2,6-9,11,19H2,1H3,(H,21,22);2H,1H3/b20-3-;. The molecule has 0 spiro atoms. The Morgan fingerprint density at radius 2 is 2.32 bits per heavy atom. The maximum atomic E-state index is 9.39. The number of thiophene rings is 1. The van der Waals surface area contributed by atoms with Crippen LogP contribution in [0.15, 0.2) is 29.1 Å². The molecule has 0 aromatic carbocycles. The summed E-state index contributed by atoms with van der Waals surface area (Å²) in [5.74, 6) is 1.29. The smallest absolute Gasteiger partial charge is 0.207 e. The fourth-order valence-corrected chi connectivity index (χ4v) is 3.75. The van der Waals surface area contributed by atoms with Crippen molar-refractivity contribution in [3.63, 3.8) is 0 Å². The number of imidazole rings is 1. The number of hydrogen-bond donors (Lipinski definition) is 4. The summed E-state index contributed by atoms with van der Waals surface area (Å²) in [6, 6.07) is 4.16. The van der Waals surface area contributed by atoms with Crippen LogP contribution in [0.1, 0.15) is 36.6 Å². The lowest BCUT2D eigenvalue weighted by atomic mass is 10.2. The summed E-state index contributed by atoms with van der Waals surface area (Å²) in [5.41, 5.74) is 6.85. The molecule has 2 atom stereocenters. The van der Waals surface area contributed by atoms with Crippen molar-refractivity contribution >= 4 is 35.0 Å². The maximum Gasteiger partial charge on any atom is 0.207 e. The molecular weight excluding hydrogens is 378 g/mol. The second-order valence-electron chi connectivity index (χ2n) is 6.12. The fourth-order valence-electron chi connectivity index (χ4n) is 3.05. The van der Waals surface area contributed by atoms with Crippen molar-refractivity contribution in [2.24, 2.45) is 10.7 Å². The molecule has 1 fully saturated rings. The van der Waals surface area contributed by atoms with Gasteiger partial charge in [-0.1, -0.05) is 12.6 Å². The number of nitrogens with one attached hydrogen (secondary N) is 1. The van der Waals surface area contributed by atoms with Crippen molar-refractivity contribution in [1.29, 1.82) is 0 Å². The van der Waals surface area contributed by atoms with E-state index < -0.39 is 0 Å². The Hall–Kier alpha value is -2.20. The zero-order chi connectivity index (χ0) is 20.5. The molecule has 28 heavy (non-hydrogen) atoms. The van der Waals surface area contributed by atoms with Crippen molar-refractivity contribution in [2.45, 2.75) is 38.5 Å². The average Bonchev–Trinajstić information content (AvgIpc) is 3.43. The van der Waals surface area contributed by atoms with E-state index in [4.69, 9.17) is 15.6 Å². The van der Waals surface area contributed by atoms with E-state index in [-0.39, 0.29) is 18.9 Å². The topological polar surface area (TPSA) is 118 Å². The van der Waals surface area contributed by atoms with Crippen LogP contribution in [-0.2, 0) is 11.2 Å². The van der Waals surface area contributed by atoms with Gasteiger partial charge in [-0.2, -0.15) is 0 Å². The normalized spacial score (nSPS) is 18.9. The molecule has 8 nitrogen and oxygen atoms in total. The van der Waals surface area contributed by atoms with Gasteiger partial charge in [0.25, 0.3) is 0 Å². The molecule has 0 saturated carbocycles.